The summed E-state index contributed by atoms with van der Waals surface area (Å²) in [6.45, 7) is 13.2. The van der Waals surface area contributed by atoms with E-state index in [1.807, 2.05) is 6.92 Å². The molecule has 7 aliphatic rings. The Labute approximate surface area is 289 Å². The van der Waals surface area contributed by atoms with Crippen molar-refractivity contribution in [2.45, 2.75) is 117 Å². The molecule has 0 bridgehead atoms. The predicted octanol–water partition coefficient (Wildman–Crippen LogP) is 1.41. The van der Waals surface area contributed by atoms with Crippen LogP contribution in [-0.2, 0) is 57.2 Å². The molecule has 0 spiro atoms. The van der Waals surface area contributed by atoms with Gasteiger partial charge in [-0.25, -0.2) is 4.79 Å². The van der Waals surface area contributed by atoms with Gasteiger partial charge in [-0.3, -0.25) is 24.0 Å². The largest absolute Gasteiger partial charge is 0.459 e. The Balaban J connectivity index is 1.53. The number of ketones is 1. The molecule has 18 atom stereocenters. The van der Waals surface area contributed by atoms with Gasteiger partial charge in [0.25, 0.3) is 0 Å². The lowest BCUT2D eigenvalue weighted by atomic mass is 9.41. The standard InChI is InChI=1S/C36H46O14/c1-12-10-19-35(8,36(9,44)32(43)50-19)24-21(12)34(7)22(26(24)42)20-23(29(46-14(3)38)31(34)48-16(5)40)33(6)17(25(41)28(20)45-13(2)37)11-18-27(49-18)30(33)47-15(4)39/h10,12,17-18,20-24,26-31,42,44H,11H2,1-9H3/t12-,17?,18+,20+,21?,22?,23?,24+,26-,27+,28-,29+,30+,31+,33+,34-,35+,36-/m1/s1. The first-order valence-corrected chi connectivity index (χ1v) is 17.4. The fourth-order valence-electron chi connectivity index (χ4n) is 12.2. The molecule has 0 aromatic carbocycles. The molecule has 4 unspecified atom stereocenters. The number of epoxide rings is 1. The second-order valence-corrected chi connectivity index (χ2v) is 16.5. The van der Waals surface area contributed by atoms with Crippen LogP contribution in [0.3, 0.4) is 0 Å². The quantitative estimate of drug-likeness (QED) is 0.242. The van der Waals surface area contributed by atoms with E-state index in [9.17, 15) is 39.0 Å². The number of hydrogen-bond acceptors (Lipinski definition) is 14. The Morgan fingerprint density at radius 1 is 0.800 bits per heavy atom. The highest BCUT2D eigenvalue weighted by Crippen LogP contribution is 2.75. The third-order valence-corrected chi connectivity index (χ3v) is 14.0. The minimum Gasteiger partial charge on any atom is -0.459 e. The van der Waals surface area contributed by atoms with E-state index in [2.05, 4.69) is 0 Å². The smallest absolute Gasteiger partial charge is 0.343 e. The van der Waals surface area contributed by atoms with E-state index in [4.69, 9.17) is 28.4 Å². The minimum atomic E-state index is -2.09. The first-order valence-electron chi connectivity index (χ1n) is 17.4. The molecule has 2 aliphatic heterocycles. The summed E-state index contributed by atoms with van der Waals surface area (Å²) in [5.74, 6) is -9.97. The Morgan fingerprint density at radius 3 is 1.96 bits per heavy atom. The van der Waals surface area contributed by atoms with Crippen LogP contribution in [0.15, 0.2) is 11.8 Å². The van der Waals surface area contributed by atoms with E-state index in [1.165, 1.54) is 34.6 Å². The van der Waals surface area contributed by atoms with E-state index in [1.54, 1.807) is 26.8 Å². The lowest BCUT2D eigenvalue weighted by Crippen LogP contribution is -2.75. The zero-order valence-corrected chi connectivity index (χ0v) is 29.7. The zero-order valence-electron chi connectivity index (χ0n) is 29.7. The van der Waals surface area contributed by atoms with Crippen molar-refractivity contribution in [1.82, 2.24) is 0 Å². The third-order valence-electron chi connectivity index (χ3n) is 14.0. The molecule has 50 heavy (non-hydrogen) atoms. The van der Waals surface area contributed by atoms with Crippen LogP contribution in [0.1, 0.15) is 68.7 Å². The normalized spacial score (nSPS) is 52.3. The maximum atomic E-state index is 14.8. The van der Waals surface area contributed by atoms with Gasteiger partial charge in [0, 0.05) is 68.1 Å². The van der Waals surface area contributed by atoms with Crippen LogP contribution in [0.5, 0.6) is 0 Å². The van der Waals surface area contributed by atoms with Crippen LogP contribution in [0.4, 0.5) is 0 Å². The number of allylic oxidation sites excluding steroid dienone is 1. The molecule has 2 heterocycles. The molecule has 4 saturated carbocycles. The Hall–Kier alpha value is -3.36. The fourth-order valence-corrected chi connectivity index (χ4v) is 12.2. The van der Waals surface area contributed by atoms with Gasteiger partial charge in [-0.15, -0.1) is 0 Å². The van der Waals surface area contributed by atoms with E-state index in [0.717, 1.165) is 0 Å². The van der Waals surface area contributed by atoms with Gasteiger partial charge in [-0.2, -0.15) is 0 Å². The number of fused-ring (bicyclic) bond motifs is 10. The summed E-state index contributed by atoms with van der Waals surface area (Å²) in [6.07, 6.45) is -5.43. The first-order chi connectivity index (χ1) is 23.1. The summed E-state index contributed by atoms with van der Waals surface area (Å²) in [7, 11) is 0. The van der Waals surface area contributed by atoms with Crippen molar-refractivity contribution >= 4 is 35.6 Å². The average Bonchev–Trinajstić information content (AvgIpc) is 3.68. The minimum absolute atomic E-state index is 0.196. The molecule has 6 fully saturated rings. The number of aliphatic hydroxyl groups excluding tert-OH is 1. The van der Waals surface area contributed by atoms with Gasteiger partial charge in [-0.05, 0) is 38.2 Å². The van der Waals surface area contributed by atoms with Gasteiger partial charge < -0.3 is 38.6 Å². The lowest BCUT2D eigenvalue weighted by molar-refractivity contribution is -0.273. The van der Waals surface area contributed by atoms with Crippen LogP contribution in [-0.4, -0.2) is 94.2 Å². The van der Waals surface area contributed by atoms with Crippen molar-refractivity contribution in [2.24, 2.45) is 57.7 Å². The van der Waals surface area contributed by atoms with Crippen molar-refractivity contribution in [2.75, 3.05) is 0 Å². The molecule has 274 valence electrons. The molecular weight excluding hydrogens is 656 g/mol. The number of esters is 5. The number of Topliss-reactive ketones (excluding diaryl/α,β-unsaturated/α-hetero) is 1. The molecule has 0 radical (unpaired) electrons. The van der Waals surface area contributed by atoms with E-state index in [-0.39, 0.29) is 12.2 Å². The van der Waals surface area contributed by atoms with Crippen molar-refractivity contribution < 1.29 is 67.4 Å². The monoisotopic (exact) mass is 702 g/mol. The molecule has 0 amide bonds. The summed E-state index contributed by atoms with van der Waals surface area (Å²) < 4.78 is 35.9. The molecule has 2 N–H and O–H groups in total. The highest BCUT2D eigenvalue weighted by molar-refractivity contribution is 5.90. The van der Waals surface area contributed by atoms with E-state index < -0.39 is 142 Å². The Morgan fingerprint density at radius 2 is 1.38 bits per heavy atom. The highest BCUT2D eigenvalue weighted by Gasteiger charge is 2.83. The van der Waals surface area contributed by atoms with Crippen molar-refractivity contribution in [1.29, 1.82) is 0 Å². The third kappa shape index (κ3) is 4.24. The molecule has 2 saturated heterocycles. The van der Waals surface area contributed by atoms with E-state index in [0.29, 0.717) is 0 Å². The molecule has 7 rings (SSSR count). The Bertz CT molecular complexity index is 1620. The number of hydrogen-bond donors (Lipinski definition) is 2. The second-order valence-electron chi connectivity index (χ2n) is 16.5. The summed E-state index contributed by atoms with van der Waals surface area (Å²) in [5, 5.41) is 24.7. The van der Waals surface area contributed by atoms with Gasteiger partial charge in [0.05, 0.1) is 17.6 Å². The van der Waals surface area contributed by atoms with Gasteiger partial charge >= 0.3 is 29.8 Å². The van der Waals surface area contributed by atoms with Crippen molar-refractivity contribution in [3.63, 3.8) is 0 Å². The number of rotatable bonds is 4. The predicted molar refractivity (Wildman–Crippen MR) is 166 cm³/mol. The zero-order chi connectivity index (χ0) is 36.8. The number of carbonyl (C=O) groups excluding carboxylic acids is 6. The van der Waals surface area contributed by atoms with Crippen molar-refractivity contribution in [3.05, 3.63) is 11.8 Å². The lowest BCUT2D eigenvalue weighted by Gasteiger charge is -2.65. The molecule has 5 aliphatic carbocycles. The van der Waals surface area contributed by atoms with Crippen LogP contribution >= 0.6 is 0 Å². The maximum absolute atomic E-state index is 14.8. The van der Waals surface area contributed by atoms with Gasteiger partial charge in [0.1, 0.15) is 30.2 Å². The molecule has 0 aromatic heterocycles. The number of aliphatic hydroxyl groups is 2. The first kappa shape index (κ1) is 35.1. The average molecular weight is 703 g/mol. The van der Waals surface area contributed by atoms with Crippen LogP contribution in [0, 0.1) is 57.7 Å². The summed E-state index contributed by atoms with van der Waals surface area (Å²) in [6, 6.07) is 0. The summed E-state index contributed by atoms with van der Waals surface area (Å²) >= 11 is 0. The summed E-state index contributed by atoms with van der Waals surface area (Å²) in [4.78, 5) is 79.7. The Kier molecular flexibility index (Phi) is 7.59. The fraction of sp³-hybridized carbons (Fsp3) is 0.778. The SMILES string of the molecule is CC(=O)O[C@H]1C(=O)C2C[C@@H]3O[C@@H]3[C@H](OC(C)=O)[C@]2(C)C2[C@@H]1C1[C@@H](O)[C@@H]3C([C@H](C)C=C4OC(=O)[C@@](C)(O)[C@@]43C)[C@@]1(C)[C@@H](OC(C)=O)[C@H]2OC(C)=O. The van der Waals surface area contributed by atoms with Crippen LogP contribution in [0.2, 0.25) is 0 Å². The van der Waals surface area contributed by atoms with E-state index >= 15 is 0 Å². The highest BCUT2D eigenvalue weighted by atomic mass is 16.6. The van der Waals surface area contributed by atoms with Crippen LogP contribution in [0.25, 0.3) is 0 Å². The van der Waals surface area contributed by atoms with Gasteiger partial charge in [0.2, 0.25) is 0 Å². The maximum Gasteiger partial charge on any atom is 0.343 e. The van der Waals surface area contributed by atoms with Gasteiger partial charge in [0.15, 0.2) is 17.5 Å². The molecule has 0 aromatic rings. The van der Waals surface area contributed by atoms with Gasteiger partial charge in [-0.1, -0.05) is 20.8 Å². The number of ether oxygens (including phenoxy) is 6. The van der Waals surface area contributed by atoms with Crippen LogP contribution < -0.4 is 0 Å². The summed E-state index contributed by atoms with van der Waals surface area (Å²) in [5.41, 5.74) is -6.22. The number of carbonyl (C=O) groups is 6. The molecular formula is C36H46O14. The molecule has 14 heteroatoms. The van der Waals surface area contributed by atoms with Crippen molar-refractivity contribution in [3.8, 4) is 0 Å². The molecule has 14 nitrogen and oxygen atoms in total. The topological polar surface area (TPSA) is 202 Å². The second kappa shape index (κ2) is 10.8.